The first kappa shape index (κ1) is 21.2. The van der Waals surface area contributed by atoms with Gasteiger partial charge in [-0.2, -0.15) is 0 Å². The SMILES string of the molecule is CCOC(=O)Cc1csc(NC(=O)Cc2csc(COc3ccc(Cl)cc3)n2)n1. The third-order valence-electron chi connectivity index (χ3n) is 3.55. The van der Waals surface area contributed by atoms with E-state index in [-0.39, 0.29) is 24.7 Å². The number of benzene rings is 1. The number of carbonyl (C=O) groups excluding carboxylic acids is 2. The lowest BCUT2D eigenvalue weighted by Gasteiger charge is -2.03. The highest BCUT2D eigenvalue weighted by Gasteiger charge is 2.12. The van der Waals surface area contributed by atoms with E-state index in [0.717, 1.165) is 5.01 Å². The Morgan fingerprint density at radius 2 is 1.79 bits per heavy atom. The van der Waals surface area contributed by atoms with Crippen LogP contribution in [0.25, 0.3) is 0 Å². The molecule has 29 heavy (non-hydrogen) atoms. The molecule has 7 nitrogen and oxygen atoms in total. The van der Waals surface area contributed by atoms with Crippen molar-refractivity contribution in [2.45, 2.75) is 26.4 Å². The molecule has 0 saturated carbocycles. The van der Waals surface area contributed by atoms with Crippen molar-refractivity contribution in [3.63, 3.8) is 0 Å². The van der Waals surface area contributed by atoms with E-state index >= 15 is 0 Å². The Kier molecular flexibility index (Phi) is 7.56. The Morgan fingerprint density at radius 1 is 1.07 bits per heavy atom. The molecular weight excluding hydrogens is 434 g/mol. The zero-order valence-corrected chi connectivity index (χ0v) is 17.9. The fourth-order valence-corrected chi connectivity index (χ4v) is 3.86. The summed E-state index contributed by atoms with van der Waals surface area (Å²) in [6.07, 6.45) is 0.216. The molecule has 152 valence electrons. The van der Waals surface area contributed by atoms with E-state index in [1.54, 1.807) is 36.6 Å². The molecule has 10 heteroatoms. The normalized spacial score (nSPS) is 10.6. The van der Waals surface area contributed by atoms with Gasteiger partial charge in [0.1, 0.15) is 17.4 Å². The molecule has 2 heterocycles. The molecule has 1 amide bonds. The number of nitrogens with zero attached hydrogens (tertiary/aromatic N) is 2. The van der Waals surface area contributed by atoms with E-state index in [9.17, 15) is 9.59 Å². The number of halogens is 1. The highest BCUT2D eigenvalue weighted by molar-refractivity contribution is 7.14. The average Bonchev–Trinajstić information content (AvgIpc) is 3.31. The molecule has 1 aromatic carbocycles. The van der Waals surface area contributed by atoms with E-state index in [2.05, 4.69) is 15.3 Å². The monoisotopic (exact) mass is 451 g/mol. The molecule has 0 saturated heterocycles. The van der Waals surface area contributed by atoms with Crippen molar-refractivity contribution in [1.29, 1.82) is 0 Å². The average molecular weight is 452 g/mol. The van der Waals surface area contributed by atoms with Crippen LogP contribution in [0.2, 0.25) is 5.02 Å². The summed E-state index contributed by atoms with van der Waals surface area (Å²) in [7, 11) is 0. The molecule has 0 aliphatic heterocycles. The van der Waals surface area contributed by atoms with Crippen LogP contribution in [-0.4, -0.2) is 28.5 Å². The Morgan fingerprint density at radius 3 is 2.55 bits per heavy atom. The summed E-state index contributed by atoms with van der Waals surface area (Å²) >= 11 is 8.54. The number of aromatic nitrogens is 2. The maximum absolute atomic E-state index is 12.2. The molecule has 0 aliphatic carbocycles. The highest BCUT2D eigenvalue weighted by atomic mass is 35.5. The fraction of sp³-hybridized carbons (Fsp3) is 0.263. The van der Waals surface area contributed by atoms with Gasteiger partial charge in [0.25, 0.3) is 0 Å². The minimum atomic E-state index is -0.341. The molecular formula is C19H18ClN3O4S2. The van der Waals surface area contributed by atoms with Crippen LogP contribution in [0.3, 0.4) is 0 Å². The zero-order chi connectivity index (χ0) is 20.6. The number of carbonyl (C=O) groups is 2. The van der Waals surface area contributed by atoms with Crippen LogP contribution in [0, 0.1) is 0 Å². The molecule has 2 aromatic heterocycles. The van der Waals surface area contributed by atoms with Crippen LogP contribution < -0.4 is 10.1 Å². The zero-order valence-electron chi connectivity index (χ0n) is 15.5. The maximum atomic E-state index is 12.2. The van der Waals surface area contributed by atoms with Gasteiger partial charge in [-0.15, -0.1) is 22.7 Å². The summed E-state index contributed by atoms with van der Waals surface area (Å²) in [5, 5.41) is 8.14. The third kappa shape index (κ3) is 6.81. The van der Waals surface area contributed by atoms with Crippen molar-refractivity contribution in [2.75, 3.05) is 11.9 Å². The topological polar surface area (TPSA) is 90.4 Å². The van der Waals surface area contributed by atoms with E-state index < -0.39 is 0 Å². The van der Waals surface area contributed by atoms with Crippen LogP contribution in [-0.2, 0) is 33.8 Å². The molecule has 0 unspecified atom stereocenters. The second-order valence-electron chi connectivity index (χ2n) is 5.83. The van der Waals surface area contributed by atoms with Crippen LogP contribution >= 0.6 is 34.3 Å². The summed E-state index contributed by atoms with van der Waals surface area (Å²) in [5.41, 5.74) is 1.23. The first-order valence-electron chi connectivity index (χ1n) is 8.73. The van der Waals surface area contributed by atoms with Gasteiger partial charge >= 0.3 is 5.97 Å². The number of nitrogens with one attached hydrogen (secondary N) is 1. The Balaban J connectivity index is 1.47. The van der Waals surface area contributed by atoms with Gasteiger partial charge in [0.05, 0.1) is 30.8 Å². The van der Waals surface area contributed by atoms with Crippen molar-refractivity contribution >= 4 is 51.3 Å². The molecule has 0 atom stereocenters. The van der Waals surface area contributed by atoms with E-state index in [4.69, 9.17) is 21.1 Å². The van der Waals surface area contributed by atoms with Gasteiger partial charge in [-0.05, 0) is 31.2 Å². The predicted molar refractivity (Wildman–Crippen MR) is 113 cm³/mol. The summed E-state index contributed by atoms with van der Waals surface area (Å²) in [6, 6.07) is 7.08. The van der Waals surface area contributed by atoms with E-state index in [0.29, 0.717) is 40.5 Å². The van der Waals surface area contributed by atoms with Gasteiger partial charge in [0.2, 0.25) is 5.91 Å². The van der Waals surface area contributed by atoms with Crippen LogP contribution in [0.4, 0.5) is 5.13 Å². The van der Waals surface area contributed by atoms with E-state index in [1.165, 1.54) is 22.7 Å². The number of anilines is 1. The van der Waals surface area contributed by atoms with E-state index in [1.807, 2.05) is 5.38 Å². The minimum Gasteiger partial charge on any atom is -0.486 e. The molecule has 0 fully saturated rings. The standard InChI is InChI=1S/C19H18ClN3O4S2/c1-2-26-18(25)8-14-11-29-19(22-14)23-16(24)7-13-10-28-17(21-13)9-27-15-5-3-12(20)4-6-15/h3-6,10-11H,2,7-9H2,1H3,(H,22,23,24). The van der Waals surface area contributed by atoms with Gasteiger partial charge in [-0.3, -0.25) is 9.59 Å². The molecule has 0 radical (unpaired) electrons. The maximum Gasteiger partial charge on any atom is 0.311 e. The molecule has 0 aliphatic rings. The molecule has 3 rings (SSSR count). The predicted octanol–water partition coefficient (Wildman–Crippen LogP) is 4.12. The first-order chi connectivity index (χ1) is 14.0. The summed E-state index contributed by atoms with van der Waals surface area (Å²) < 4.78 is 10.5. The highest BCUT2D eigenvalue weighted by Crippen LogP contribution is 2.19. The Labute approximate surface area is 180 Å². The quantitative estimate of drug-likeness (QED) is 0.492. The number of thiazole rings is 2. The van der Waals surface area contributed by atoms with Crippen LogP contribution in [0.5, 0.6) is 5.75 Å². The van der Waals surface area contributed by atoms with Gasteiger partial charge in [0.15, 0.2) is 5.13 Å². The number of ether oxygens (including phenoxy) is 2. The van der Waals surface area contributed by atoms with Crippen molar-refractivity contribution < 1.29 is 19.1 Å². The second-order valence-corrected chi connectivity index (χ2v) is 8.06. The third-order valence-corrected chi connectivity index (χ3v) is 5.48. The summed E-state index contributed by atoms with van der Waals surface area (Å²) in [4.78, 5) is 32.3. The Hall–Kier alpha value is -2.49. The van der Waals surface area contributed by atoms with Crippen LogP contribution in [0.1, 0.15) is 23.3 Å². The second kappa shape index (κ2) is 10.3. The lowest BCUT2D eigenvalue weighted by atomic mass is 10.3. The lowest BCUT2D eigenvalue weighted by molar-refractivity contribution is -0.142. The smallest absolute Gasteiger partial charge is 0.311 e. The van der Waals surface area contributed by atoms with Gasteiger partial charge in [-0.25, -0.2) is 9.97 Å². The lowest BCUT2D eigenvalue weighted by Crippen LogP contribution is -2.15. The summed E-state index contributed by atoms with van der Waals surface area (Å²) in [6.45, 7) is 2.39. The van der Waals surface area contributed by atoms with Crippen molar-refractivity contribution in [2.24, 2.45) is 0 Å². The molecule has 3 aromatic rings. The van der Waals surface area contributed by atoms with Gasteiger partial charge in [-0.1, -0.05) is 11.6 Å². The van der Waals surface area contributed by atoms with Gasteiger partial charge in [0, 0.05) is 15.8 Å². The first-order valence-corrected chi connectivity index (χ1v) is 10.9. The largest absolute Gasteiger partial charge is 0.486 e. The number of esters is 1. The molecule has 0 spiro atoms. The van der Waals surface area contributed by atoms with Gasteiger partial charge < -0.3 is 14.8 Å². The number of hydrogen-bond donors (Lipinski definition) is 1. The Bertz CT molecular complexity index is 972. The minimum absolute atomic E-state index is 0.0866. The number of hydrogen-bond acceptors (Lipinski definition) is 8. The van der Waals surface area contributed by atoms with Crippen molar-refractivity contribution in [1.82, 2.24) is 9.97 Å². The van der Waals surface area contributed by atoms with Crippen molar-refractivity contribution in [3.05, 3.63) is 56.4 Å². The number of amides is 1. The van der Waals surface area contributed by atoms with Crippen molar-refractivity contribution in [3.8, 4) is 5.75 Å². The fourth-order valence-electron chi connectivity index (χ4n) is 2.31. The summed E-state index contributed by atoms with van der Waals surface area (Å²) in [5.74, 6) is 0.135. The number of rotatable bonds is 9. The van der Waals surface area contributed by atoms with Crippen LogP contribution in [0.15, 0.2) is 35.0 Å². The molecule has 1 N–H and O–H groups in total. The molecule has 0 bridgehead atoms.